The van der Waals surface area contributed by atoms with Crippen molar-refractivity contribution in [1.82, 2.24) is 9.62 Å². The van der Waals surface area contributed by atoms with Crippen LogP contribution < -0.4 is 5.32 Å². The Morgan fingerprint density at radius 2 is 2.00 bits per heavy atom. The largest absolute Gasteiger partial charge is 0.317 e. The monoisotopic (exact) mass is 306 g/mol. The molecular weight excluding hydrogens is 291 g/mol. The Bertz CT molecular complexity index is 557. The minimum Gasteiger partial charge on any atom is -0.317 e. The highest BCUT2D eigenvalue weighted by atomic mass is 35.5. The van der Waals surface area contributed by atoms with E-state index in [2.05, 4.69) is 5.32 Å². The van der Waals surface area contributed by atoms with Crippen molar-refractivity contribution in [2.24, 2.45) is 0 Å². The molecule has 7 heteroatoms. The molecule has 0 saturated carbocycles. The molecular formula is C12H16ClFN2O2S. The predicted octanol–water partition coefficient (Wildman–Crippen LogP) is 1.85. The van der Waals surface area contributed by atoms with Gasteiger partial charge in [0.2, 0.25) is 10.0 Å². The van der Waals surface area contributed by atoms with Gasteiger partial charge < -0.3 is 5.32 Å². The fourth-order valence-electron chi connectivity index (χ4n) is 2.20. The van der Waals surface area contributed by atoms with E-state index in [1.54, 1.807) is 0 Å². The molecule has 0 spiro atoms. The van der Waals surface area contributed by atoms with Gasteiger partial charge >= 0.3 is 0 Å². The number of sulfonamides is 1. The van der Waals surface area contributed by atoms with Crippen molar-refractivity contribution < 1.29 is 12.8 Å². The second-order valence-corrected chi connectivity index (χ2v) is 6.86. The Kier molecular flexibility index (Phi) is 4.45. The Labute approximate surface area is 117 Å². The van der Waals surface area contributed by atoms with Crippen LogP contribution >= 0.6 is 11.6 Å². The van der Waals surface area contributed by atoms with Gasteiger partial charge in [0.05, 0.1) is 5.02 Å². The van der Waals surface area contributed by atoms with Gasteiger partial charge in [-0.1, -0.05) is 11.6 Å². The minimum atomic E-state index is -3.71. The number of hydrogen-bond acceptors (Lipinski definition) is 3. The molecule has 0 bridgehead atoms. The molecule has 19 heavy (non-hydrogen) atoms. The maximum atomic E-state index is 13.2. The van der Waals surface area contributed by atoms with Crippen LogP contribution in [0.15, 0.2) is 23.1 Å². The van der Waals surface area contributed by atoms with Crippen LogP contribution in [0.1, 0.15) is 12.8 Å². The third-order valence-corrected chi connectivity index (χ3v) is 5.75. The normalized spacial score (nSPS) is 18.7. The van der Waals surface area contributed by atoms with E-state index in [0.29, 0.717) is 19.1 Å². The maximum absolute atomic E-state index is 13.2. The fraction of sp³-hybridized carbons (Fsp3) is 0.500. The zero-order valence-electron chi connectivity index (χ0n) is 10.6. The SMILES string of the molecule is CNC1CCN(S(=O)(=O)c2cc(F)ccc2Cl)CC1. The third kappa shape index (κ3) is 3.08. The van der Waals surface area contributed by atoms with Gasteiger partial charge in [-0.3, -0.25) is 0 Å². The molecule has 4 nitrogen and oxygen atoms in total. The lowest BCUT2D eigenvalue weighted by Crippen LogP contribution is -2.43. The summed E-state index contributed by atoms with van der Waals surface area (Å²) in [6.07, 6.45) is 1.48. The van der Waals surface area contributed by atoms with E-state index in [4.69, 9.17) is 11.6 Å². The van der Waals surface area contributed by atoms with Crippen LogP contribution in [0, 0.1) is 5.82 Å². The van der Waals surface area contributed by atoms with Crippen LogP contribution in [0.3, 0.4) is 0 Å². The molecule has 0 aliphatic carbocycles. The van der Waals surface area contributed by atoms with Gasteiger partial charge in [-0.15, -0.1) is 0 Å². The summed E-state index contributed by atoms with van der Waals surface area (Å²) in [5, 5.41) is 3.18. The fourth-order valence-corrected chi connectivity index (χ4v) is 4.15. The molecule has 2 rings (SSSR count). The number of nitrogens with zero attached hydrogens (tertiary/aromatic N) is 1. The van der Waals surface area contributed by atoms with Crippen molar-refractivity contribution in [3.8, 4) is 0 Å². The molecule has 1 heterocycles. The summed E-state index contributed by atoms with van der Waals surface area (Å²) in [6, 6.07) is 3.72. The molecule has 0 amide bonds. The van der Waals surface area contributed by atoms with E-state index in [-0.39, 0.29) is 9.92 Å². The summed E-state index contributed by atoms with van der Waals surface area (Å²) in [4.78, 5) is -0.155. The Hall–Kier alpha value is -0.690. The zero-order valence-corrected chi connectivity index (χ0v) is 12.1. The first-order chi connectivity index (χ1) is 8.95. The van der Waals surface area contributed by atoms with E-state index in [1.165, 1.54) is 10.4 Å². The van der Waals surface area contributed by atoms with E-state index in [1.807, 2.05) is 7.05 Å². The average Bonchev–Trinajstić information content (AvgIpc) is 2.41. The topological polar surface area (TPSA) is 49.4 Å². The van der Waals surface area contributed by atoms with Crippen LogP contribution in [0.4, 0.5) is 4.39 Å². The lowest BCUT2D eigenvalue weighted by molar-refractivity contribution is 0.298. The van der Waals surface area contributed by atoms with Crippen molar-refractivity contribution >= 4 is 21.6 Å². The number of hydrogen-bond donors (Lipinski definition) is 1. The second-order valence-electron chi connectivity index (χ2n) is 4.54. The summed E-state index contributed by atoms with van der Waals surface area (Å²) < 4.78 is 39.4. The number of rotatable bonds is 3. The molecule has 106 valence electrons. The molecule has 0 aromatic heterocycles. The molecule has 0 unspecified atom stereocenters. The van der Waals surface area contributed by atoms with Crippen LogP contribution in [0.2, 0.25) is 5.02 Å². The second kappa shape index (κ2) is 5.75. The number of nitrogens with one attached hydrogen (secondary N) is 1. The van der Waals surface area contributed by atoms with Crippen LogP contribution in [-0.4, -0.2) is 38.9 Å². The van der Waals surface area contributed by atoms with Gasteiger partial charge in [0.15, 0.2) is 0 Å². The first-order valence-corrected chi connectivity index (χ1v) is 7.89. The average molecular weight is 307 g/mol. The highest BCUT2D eigenvalue weighted by Gasteiger charge is 2.30. The quantitative estimate of drug-likeness (QED) is 0.927. The van der Waals surface area contributed by atoms with Crippen LogP contribution in [-0.2, 0) is 10.0 Å². The molecule has 1 aliphatic heterocycles. The van der Waals surface area contributed by atoms with Crippen LogP contribution in [0.25, 0.3) is 0 Å². The molecule has 1 saturated heterocycles. The zero-order chi connectivity index (χ0) is 14.0. The van der Waals surface area contributed by atoms with Crippen molar-refractivity contribution in [2.75, 3.05) is 20.1 Å². The summed E-state index contributed by atoms with van der Waals surface area (Å²) in [6.45, 7) is 0.835. The smallest absolute Gasteiger partial charge is 0.244 e. The Morgan fingerprint density at radius 1 is 1.37 bits per heavy atom. The lowest BCUT2D eigenvalue weighted by atomic mass is 10.1. The predicted molar refractivity (Wildman–Crippen MR) is 72.3 cm³/mol. The standard InChI is InChI=1S/C12H16ClFN2O2S/c1-15-10-4-6-16(7-5-10)19(17,18)12-8-9(14)2-3-11(12)13/h2-3,8,10,15H,4-7H2,1H3. The molecule has 1 N–H and O–H groups in total. The van der Waals surface area contributed by atoms with Crippen LogP contribution in [0.5, 0.6) is 0 Å². The van der Waals surface area contributed by atoms with E-state index >= 15 is 0 Å². The maximum Gasteiger partial charge on any atom is 0.244 e. The van der Waals surface area contributed by atoms with E-state index < -0.39 is 15.8 Å². The molecule has 0 atom stereocenters. The summed E-state index contributed by atoms with van der Waals surface area (Å²) in [5.74, 6) is -0.604. The van der Waals surface area contributed by atoms with E-state index in [0.717, 1.165) is 25.0 Å². The van der Waals surface area contributed by atoms with Crippen molar-refractivity contribution in [3.63, 3.8) is 0 Å². The first-order valence-electron chi connectivity index (χ1n) is 6.07. The minimum absolute atomic E-state index is 0.0529. The Balaban J connectivity index is 2.26. The highest BCUT2D eigenvalue weighted by Crippen LogP contribution is 2.27. The first kappa shape index (κ1) is 14.7. The number of halogens is 2. The number of benzene rings is 1. The third-order valence-electron chi connectivity index (χ3n) is 3.37. The molecule has 1 aromatic rings. The van der Waals surface area contributed by atoms with Gasteiger partial charge in [0, 0.05) is 19.1 Å². The molecule has 0 radical (unpaired) electrons. The van der Waals surface area contributed by atoms with Gasteiger partial charge in [0.25, 0.3) is 0 Å². The van der Waals surface area contributed by atoms with Gasteiger partial charge in [-0.25, -0.2) is 12.8 Å². The van der Waals surface area contributed by atoms with E-state index in [9.17, 15) is 12.8 Å². The molecule has 1 fully saturated rings. The summed E-state index contributed by atoms with van der Waals surface area (Å²) in [5.41, 5.74) is 0. The van der Waals surface area contributed by atoms with Crippen molar-refractivity contribution in [2.45, 2.75) is 23.8 Å². The highest BCUT2D eigenvalue weighted by molar-refractivity contribution is 7.89. The summed E-state index contributed by atoms with van der Waals surface area (Å²) >= 11 is 5.87. The Morgan fingerprint density at radius 3 is 2.58 bits per heavy atom. The number of piperidine rings is 1. The van der Waals surface area contributed by atoms with Gasteiger partial charge in [-0.05, 0) is 38.1 Å². The van der Waals surface area contributed by atoms with Crippen molar-refractivity contribution in [1.29, 1.82) is 0 Å². The molecule has 1 aliphatic rings. The van der Waals surface area contributed by atoms with Crippen molar-refractivity contribution in [3.05, 3.63) is 29.0 Å². The summed E-state index contributed by atoms with van der Waals surface area (Å²) in [7, 11) is -1.85. The van der Waals surface area contributed by atoms with Gasteiger partial charge in [0.1, 0.15) is 10.7 Å². The lowest BCUT2D eigenvalue weighted by Gasteiger charge is -2.31. The molecule has 1 aromatic carbocycles. The van der Waals surface area contributed by atoms with Gasteiger partial charge in [-0.2, -0.15) is 4.31 Å².